The predicted molar refractivity (Wildman–Crippen MR) is 73.9 cm³/mol. The van der Waals surface area contributed by atoms with E-state index in [2.05, 4.69) is 44.0 Å². The van der Waals surface area contributed by atoms with Crippen LogP contribution in [-0.2, 0) is 0 Å². The van der Waals surface area contributed by atoms with Gasteiger partial charge < -0.3 is 4.90 Å². The number of nitrogens with zero attached hydrogens (tertiary/aromatic N) is 2. The van der Waals surface area contributed by atoms with E-state index in [0.717, 1.165) is 39.0 Å². The van der Waals surface area contributed by atoms with E-state index in [0.29, 0.717) is 5.92 Å². The van der Waals surface area contributed by atoms with E-state index in [1.807, 2.05) is 6.92 Å². The Kier molecular flexibility index (Phi) is 8.20. The molecule has 0 saturated heterocycles. The maximum atomic E-state index is 9.25. The van der Waals surface area contributed by atoms with Crippen LogP contribution in [0.2, 0.25) is 0 Å². The van der Waals surface area contributed by atoms with Crippen molar-refractivity contribution in [3.8, 4) is 6.07 Å². The third-order valence-corrected chi connectivity index (χ3v) is 3.01. The molecule has 0 saturated carbocycles. The molecule has 1 unspecified atom stereocenters. The molecule has 0 aliphatic carbocycles. The minimum atomic E-state index is -0.375. The number of hydrogen-bond donors (Lipinski definition) is 1. The molecule has 0 aliphatic heterocycles. The zero-order valence-electron chi connectivity index (χ0n) is 12.2. The molecule has 0 bridgehead atoms. The summed E-state index contributed by atoms with van der Waals surface area (Å²) in [4.78, 5) is 2.42. The minimum absolute atomic E-state index is 0.375. The van der Waals surface area contributed by atoms with Crippen LogP contribution in [0, 0.1) is 17.2 Å². The van der Waals surface area contributed by atoms with Crippen LogP contribution in [0.25, 0.3) is 0 Å². The summed E-state index contributed by atoms with van der Waals surface area (Å²) in [6, 6.07) is 2.41. The van der Waals surface area contributed by atoms with E-state index in [1.54, 1.807) is 0 Å². The fourth-order valence-electron chi connectivity index (χ4n) is 1.86. The van der Waals surface area contributed by atoms with E-state index in [-0.39, 0.29) is 5.54 Å². The molecule has 1 N–H and O–H groups in total. The predicted octanol–water partition coefficient (Wildman–Crippen LogP) is 2.64. The van der Waals surface area contributed by atoms with Gasteiger partial charge in [-0.3, -0.25) is 5.32 Å². The molecule has 0 spiro atoms. The zero-order valence-corrected chi connectivity index (χ0v) is 12.2. The molecule has 0 fully saturated rings. The monoisotopic (exact) mass is 239 g/mol. The highest BCUT2D eigenvalue weighted by atomic mass is 15.1. The Bertz CT molecular complexity index is 232. The SMILES string of the molecule is CCCNC(C)(C#N)CCN(CC)CC(C)C. The van der Waals surface area contributed by atoms with Gasteiger partial charge in [0.1, 0.15) is 5.54 Å². The van der Waals surface area contributed by atoms with Crippen molar-refractivity contribution in [3.63, 3.8) is 0 Å². The number of hydrogen-bond acceptors (Lipinski definition) is 3. The Labute approximate surface area is 107 Å². The maximum Gasteiger partial charge on any atom is 0.105 e. The first-order valence-corrected chi connectivity index (χ1v) is 6.86. The summed E-state index contributed by atoms with van der Waals surface area (Å²) in [6.45, 7) is 14.9. The second-order valence-electron chi connectivity index (χ2n) is 5.41. The molecule has 0 amide bonds. The van der Waals surface area contributed by atoms with Crippen LogP contribution < -0.4 is 5.32 Å². The van der Waals surface area contributed by atoms with Crippen molar-refractivity contribution in [2.75, 3.05) is 26.2 Å². The average Bonchev–Trinajstić information content (AvgIpc) is 2.31. The van der Waals surface area contributed by atoms with Gasteiger partial charge in [0.05, 0.1) is 6.07 Å². The molecule has 3 nitrogen and oxygen atoms in total. The summed E-state index contributed by atoms with van der Waals surface area (Å²) in [5.74, 6) is 0.687. The van der Waals surface area contributed by atoms with Crippen LogP contribution in [0.4, 0.5) is 0 Å². The minimum Gasteiger partial charge on any atom is -0.303 e. The van der Waals surface area contributed by atoms with Gasteiger partial charge >= 0.3 is 0 Å². The van der Waals surface area contributed by atoms with E-state index in [9.17, 15) is 5.26 Å². The van der Waals surface area contributed by atoms with Crippen LogP contribution in [0.5, 0.6) is 0 Å². The standard InChI is InChI=1S/C14H29N3/c1-6-9-16-14(5,12-15)8-10-17(7-2)11-13(3)4/h13,16H,6-11H2,1-5H3. The Morgan fingerprint density at radius 2 is 2.00 bits per heavy atom. The molecule has 0 radical (unpaired) electrons. The van der Waals surface area contributed by atoms with Gasteiger partial charge in [-0.2, -0.15) is 5.26 Å². The highest BCUT2D eigenvalue weighted by Gasteiger charge is 2.23. The van der Waals surface area contributed by atoms with Gasteiger partial charge in [-0.25, -0.2) is 0 Å². The fraction of sp³-hybridized carbons (Fsp3) is 0.929. The molecule has 0 rings (SSSR count). The Hall–Kier alpha value is -0.590. The number of nitriles is 1. The molecule has 0 heterocycles. The summed E-state index contributed by atoms with van der Waals surface area (Å²) in [6.07, 6.45) is 1.96. The second-order valence-corrected chi connectivity index (χ2v) is 5.41. The molecule has 0 aromatic rings. The lowest BCUT2D eigenvalue weighted by molar-refractivity contribution is 0.231. The smallest absolute Gasteiger partial charge is 0.105 e. The van der Waals surface area contributed by atoms with Gasteiger partial charge in [-0.1, -0.05) is 27.7 Å². The number of nitrogens with one attached hydrogen (secondary N) is 1. The molecule has 0 aliphatic rings. The molecular weight excluding hydrogens is 210 g/mol. The topological polar surface area (TPSA) is 39.1 Å². The van der Waals surface area contributed by atoms with Crippen molar-refractivity contribution >= 4 is 0 Å². The summed E-state index contributed by atoms with van der Waals surface area (Å²) in [5.41, 5.74) is -0.375. The highest BCUT2D eigenvalue weighted by Crippen LogP contribution is 2.10. The lowest BCUT2D eigenvalue weighted by atomic mass is 9.99. The van der Waals surface area contributed by atoms with Gasteiger partial charge in [0.15, 0.2) is 0 Å². The Morgan fingerprint density at radius 3 is 2.41 bits per heavy atom. The van der Waals surface area contributed by atoms with Crippen molar-refractivity contribution in [1.29, 1.82) is 5.26 Å². The molecular formula is C14H29N3. The van der Waals surface area contributed by atoms with Gasteiger partial charge in [-0.15, -0.1) is 0 Å². The summed E-state index contributed by atoms with van der Waals surface area (Å²) >= 11 is 0. The summed E-state index contributed by atoms with van der Waals surface area (Å²) < 4.78 is 0. The first-order chi connectivity index (χ1) is 7.97. The van der Waals surface area contributed by atoms with Crippen LogP contribution in [-0.4, -0.2) is 36.6 Å². The van der Waals surface area contributed by atoms with Crippen molar-refractivity contribution in [3.05, 3.63) is 0 Å². The normalized spacial score (nSPS) is 14.9. The van der Waals surface area contributed by atoms with E-state index in [4.69, 9.17) is 0 Å². The number of rotatable bonds is 9. The van der Waals surface area contributed by atoms with Crippen molar-refractivity contribution in [2.24, 2.45) is 5.92 Å². The molecule has 100 valence electrons. The lowest BCUT2D eigenvalue weighted by Crippen LogP contribution is -2.44. The first kappa shape index (κ1) is 16.4. The van der Waals surface area contributed by atoms with E-state index < -0.39 is 0 Å². The molecule has 17 heavy (non-hydrogen) atoms. The zero-order chi connectivity index (χ0) is 13.3. The van der Waals surface area contributed by atoms with Gasteiger partial charge in [0.25, 0.3) is 0 Å². The van der Waals surface area contributed by atoms with Gasteiger partial charge in [-0.05, 0) is 38.8 Å². The lowest BCUT2D eigenvalue weighted by Gasteiger charge is -2.28. The summed E-state index contributed by atoms with van der Waals surface area (Å²) in [5, 5.41) is 12.6. The van der Waals surface area contributed by atoms with Crippen molar-refractivity contribution < 1.29 is 0 Å². The quantitative estimate of drug-likeness (QED) is 0.672. The molecule has 1 atom stereocenters. The van der Waals surface area contributed by atoms with Crippen LogP contribution in [0.3, 0.4) is 0 Å². The van der Waals surface area contributed by atoms with E-state index >= 15 is 0 Å². The summed E-state index contributed by atoms with van der Waals surface area (Å²) in [7, 11) is 0. The Balaban J connectivity index is 4.15. The average molecular weight is 239 g/mol. The highest BCUT2D eigenvalue weighted by molar-refractivity contribution is 5.03. The third-order valence-electron chi connectivity index (χ3n) is 3.01. The van der Waals surface area contributed by atoms with Crippen molar-refractivity contribution in [2.45, 2.75) is 53.0 Å². The maximum absolute atomic E-state index is 9.25. The fourth-order valence-corrected chi connectivity index (χ4v) is 1.86. The van der Waals surface area contributed by atoms with Crippen LogP contribution >= 0.6 is 0 Å². The van der Waals surface area contributed by atoms with Crippen molar-refractivity contribution in [1.82, 2.24) is 10.2 Å². The Morgan fingerprint density at radius 1 is 1.35 bits per heavy atom. The molecule has 0 aromatic heterocycles. The molecule has 3 heteroatoms. The van der Waals surface area contributed by atoms with Crippen LogP contribution in [0.15, 0.2) is 0 Å². The van der Waals surface area contributed by atoms with Gasteiger partial charge in [0.2, 0.25) is 0 Å². The van der Waals surface area contributed by atoms with Crippen LogP contribution in [0.1, 0.15) is 47.5 Å². The molecule has 0 aromatic carbocycles. The largest absolute Gasteiger partial charge is 0.303 e. The second kappa shape index (κ2) is 8.49. The van der Waals surface area contributed by atoms with Gasteiger partial charge in [0, 0.05) is 13.1 Å². The first-order valence-electron chi connectivity index (χ1n) is 6.86. The van der Waals surface area contributed by atoms with E-state index in [1.165, 1.54) is 0 Å². The third kappa shape index (κ3) is 7.36.